The van der Waals surface area contributed by atoms with Crippen molar-refractivity contribution in [3.63, 3.8) is 0 Å². The second kappa shape index (κ2) is 4.17. The second-order valence-corrected chi connectivity index (χ2v) is 0.862. The van der Waals surface area contributed by atoms with E-state index in [1.165, 1.54) is 0 Å². The van der Waals surface area contributed by atoms with Crippen LogP contribution in [-0.2, 0) is 4.79 Å². The van der Waals surface area contributed by atoms with E-state index in [0.29, 0.717) is 0 Å². The molecule has 0 atom stereocenters. The van der Waals surface area contributed by atoms with E-state index in [9.17, 15) is 13.2 Å². The molecule has 5 heteroatoms. The van der Waals surface area contributed by atoms with E-state index in [4.69, 9.17) is 4.79 Å². The summed E-state index contributed by atoms with van der Waals surface area (Å²) in [5.41, 5.74) is 3.81. The number of rotatable bonds is 0. The number of nitrogens with two attached hydrogens (primary N) is 1. The van der Waals surface area contributed by atoms with Gasteiger partial charge in [-0.05, 0) is 0 Å². The molecule has 0 aliphatic carbocycles. The van der Waals surface area contributed by atoms with Crippen LogP contribution in [0.1, 0.15) is 13.8 Å². The number of hydrogen-bond donors (Lipinski definition) is 1. The smallest absolute Gasteiger partial charge is 0.362 e. The van der Waals surface area contributed by atoms with Crippen molar-refractivity contribution in [2.24, 2.45) is 5.73 Å². The van der Waals surface area contributed by atoms with Crippen LogP contribution in [-0.4, -0.2) is 12.1 Å². The highest BCUT2D eigenvalue weighted by Gasteiger charge is 2.35. The topological polar surface area (TPSA) is 43.1 Å². The molecule has 0 aliphatic heterocycles. The van der Waals surface area contributed by atoms with E-state index < -0.39 is 12.1 Å². The fourth-order valence-corrected chi connectivity index (χ4v) is 0. The molecule has 56 valence electrons. The molecule has 0 saturated carbocycles. The van der Waals surface area contributed by atoms with Crippen molar-refractivity contribution in [1.82, 2.24) is 0 Å². The van der Waals surface area contributed by atoms with Crippen molar-refractivity contribution >= 4 is 5.91 Å². The number of carbonyl (C=O) groups is 1. The largest absolute Gasteiger partial charge is 0.470 e. The molecule has 0 unspecified atom stereocenters. The number of alkyl halides is 3. The molecular formula is C4H8F3NO. The number of amides is 1. The first-order valence-electron chi connectivity index (χ1n) is 2.31. The molecule has 0 aliphatic rings. The molecule has 0 aromatic heterocycles. The predicted molar refractivity (Wildman–Crippen MR) is 26.6 cm³/mol. The van der Waals surface area contributed by atoms with Crippen LogP contribution in [0.15, 0.2) is 0 Å². The average Bonchev–Trinajstić information content (AvgIpc) is 1.69. The summed E-state index contributed by atoms with van der Waals surface area (Å²) < 4.78 is 32.1. The van der Waals surface area contributed by atoms with Crippen LogP contribution in [0.5, 0.6) is 0 Å². The predicted octanol–water partition coefficient (Wildman–Crippen LogP) is 1.06. The third kappa shape index (κ3) is 7.26. The Morgan fingerprint density at radius 3 is 1.44 bits per heavy atom. The summed E-state index contributed by atoms with van der Waals surface area (Å²) in [5, 5.41) is 0. The maximum Gasteiger partial charge on any atom is 0.470 e. The van der Waals surface area contributed by atoms with Crippen LogP contribution in [0.3, 0.4) is 0 Å². The Balaban J connectivity index is 0. The van der Waals surface area contributed by atoms with Gasteiger partial charge in [0.05, 0.1) is 0 Å². The van der Waals surface area contributed by atoms with Gasteiger partial charge in [-0.25, -0.2) is 0 Å². The van der Waals surface area contributed by atoms with Gasteiger partial charge in [-0.3, -0.25) is 4.79 Å². The van der Waals surface area contributed by atoms with E-state index >= 15 is 0 Å². The van der Waals surface area contributed by atoms with E-state index in [0.717, 1.165) is 0 Å². The van der Waals surface area contributed by atoms with Crippen molar-refractivity contribution in [2.45, 2.75) is 20.0 Å². The van der Waals surface area contributed by atoms with Crippen molar-refractivity contribution in [3.05, 3.63) is 0 Å². The number of hydrogen-bond acceptors (Lipinski definition) is 1. The summed E-state index contributed by atoms with van der Waals surface area (Å²) in [5.74, 6) is -2.26. The normalized spacial score (nSPS) is 9.44. The maximum atomic E-state index is 10.7. The number of primary amides is 1. The van der Waals surface area contributed by atoms with Crippen LogP contribution in [0, 0.1) is 0 Å². The average molecular weight is 143 g/mol. The molecule has 0 aromatic carbocycles. The van der Waals surface area contributed by atoms with Crippen LogP contribution in [0.25, 0.3) is 0 Å². The minimum Gasteiger partial charge on any atom is -0.362 e. The molecule has 0 radical (unpaired) electrons. The van der Waals surface area contributed by atoms with E-state index in [2.05, 4.69) is 5.73 Å². The molecule has 9 heavy (non-hydrogen) atoms. The minimum atomic E-state index is -4.86. The molecular weight excluding hydrogens is 135 g/mol. The van der Waals surface area contributed by atoms with Gasteiger partial charge >= 0.3 is 12.1 Å². The Bertz CT molecular complexity index is 88.3. The molecule has 0 fully saturated rings. The zero-order valence-corrected chi connectivity index (χ0v) is 5.12. The minimum absolute atomic E-state index is 2.00. The molecule has 2 N–H and O–H groups in total. The first-order chi connectivity index (χ1) is 3.94. The van der Waals surface area contributed by atoms with Crippen LogP contribution < -0.4 is 5.73 Å². The van der Waals surface area contributed by atoms with Crippen LogP contribution in [0.2, 0.25) is 0 Å². The van der Waals surface area contributed by atoms with Gasteiger partial charge in [0.25, 0.3) is 0 Å². The zero-order chi connectivity index (χ0) is 8.08. The van der Waals surface area contributed by atoms with Crippen molar-refractivity contribution < 1.29 is 18.0 Å². The highest BCUT2D eigenvalue weighted by molar-refractivity contribution is 5.79. The lowest BCUT2D eigenvalue weighted by Crippen LogP contribution is -2.30. The van der Waals surface area contributed by atoms with Gasteiger partial charge in [0.15, 0.2) is 0 Å². The van der Waals surface area contributed by atoms with E-state index in [1.54, 1.807) is 0 Å². The van der Waals surface area contributed by atoms with Gasteiger partial charge < -0.3 is 5.73 Å². The van der Waals surface area contributed by atoms with E-state index in [1.807, 2.05) is 13.8 Å². The highest BCUT2D eigenvalue weighted by atomic mass is 19.4. The number of halogens is 3. The first kappa shape index (κ1) is 11.1. The maximum absolute atomic E-state index is 10.7. The lowest BCUT2D eigenvalue weighted by atomic mass is 10.6. The van der Waals surface area contributed by atoms with Crippen molar-refractivity contribution in [1.29, 1.82) is 0 Å². The van der Waals surface area contributed by atoms with Crippen LogP contribution >= 0.6 is 0 Å². The Hall–Kier alpha value is -0.740. The summed E-state index contributed by atoms with van der Waals surface area (Å²) in [4.78, 5) is 9.12. The van der Waals surface area contributed by atoms with Crippen molar-refractivity contribution in [3.8, 4) is 0 Å². The summed E-state index contributed by atoms with van der Waals surface area (Å²) in [6.45, 7) is 4.00. The standard InChI is InChI=1S/C2H2F3NO.C2H6/c3-2(4,5)1(6)7;1-2/h(H2,6,7);1-2H3. The summed E-state index contributed by atoms with van der Waals surface area (Å²) in [6, 6.07) is 0. The Labute approximate surface area is 50.8 Å². The van der Waals surface area contributed by atoms with Crippen molar-refractivity contribution in [2.75, 3.05) is 0 Å². The van der Waals surface area contributed by atoms with Crippen LogP contribution in [0.4, 0.5) is 13.2 Å². The lowest BCUT2D eigenvalue weighted by Gasteiger charge is -1.95. The molecule has 0 heterocycles. The fraction of sp³-hybridized carbons (Fsp3) is 0.750. The zero-order valence-electron chi connectivity index (χ0n) is 5.12. The molecule has 0 saturated heterocycles. The van der Waals surface area contributed by atoms with E-state index in [-0.39, 0.29) is 0 Å². The SMILES string of the molecule is CC.NC(=O)C(F)(F)F. The molecule has 2 nitrogen and oxygen atoms in total. The molecule has 0 rings (SSSR count). The summed E-state index contributed by atoms with van der Waals surface area (Å²) >= 11 is 0. The summed E-state index contributed by atoms with van der Waals surface area (Å²) in [6.07, 6.45) is -4.86. The molecule has 0 spiro atoms. The van der Waals surface area contributed by atoms with Gasteiger partial charge in [0.2, 0.25) is 0 Å². The Morgan fingerprint density at radius 2 is 1.44 bits per heavy atom. The van der Waals surface area contributed by atoms with Gasteiger partial charge in [-0.15, -0.1) is 0 Å². The fourth-order valence-electron chi connectivity index (χ4n) is 0. The monoisotopic (exact) mass is 143 g/mol. The second-order valence-electron chi connectivity index (χ2n) is 0.862. The highest BCUT2D eigenvalue weighted by Crippen LogP contribution is 2.11. The van der Waals surface area contributed by atoms with Gasteiger partial charge in [0, 0.05) is 0 Å². The third-order valence-corrected chi connectivity index (χ3v) is 0.279. The third-order valence-electron chi connectivity index (χ3n) is 0.279. The first-order valence-corrected chi connectivity index (χ1v) is 2.31. The van der Waals surface area contributed by atoms with Gasteiger partial charge in [-0.2, -0.15) is 13.2 Å². The Kier molecular flexibility index (Phi) is 5.15. The summed E-state index contributed by atoms with van der Waals surface area (Å²) in [7, 11) is 0. The number of carbonyl (C=O) groups excluding carboxylic acids is 1. The van der Waals surface area contributed by atoms with Gasteiger partial charge in [-0.1, -0.05) is 13.8 Å². The Morgan fingerprint density at radius 1 is 1.33 bits per heavy atom. The van der Waals surface area contributed by atoms with Gasteiger partial charge in [0.1, 0.15) is 0 Å². The molecule has 0 aromatic rings. The quantitative estimate of drug-likeness (QED) is 0.541. The molecule has 0 bridgehead atoms. The molecule has 1 amide bonds. The lowest BCUT2D eigenvalue weighted by molar-refractivity contribution is -0.169.